The quantitative estimate of drug-likeness (QED) is 0.555. The number of halogens is 2. The van der Waals surface area contributed by atoms with Crippen molar-refractivity contribution in [2.24, 2.45) is 5.10 Å². The molecule has 0 aliphatic heterocycles. The summed E-state index contributed by atoms with van der Waals surface area (Å²) in [4.78, 5) is 0. The number of nitrogens with one attached hydrogen (secondary N) is 1. The van der Waals surface area contributed by atoms with Gasteiger partial charge in [0.1, 0.15) is 5.82 Å². The number of benzene rings is 1. The summed E-state index contributed by atoms with van der Waals surface area (Å²) in [5, 5.41) is 3.81. The Morgan fingerprint density at radius 1 is 1.58 bits per heavy atom. The Balaban J connectivity index is 3.00. The summed E-state index contributed by atoms with van der Waals surface area (Å²) in [6.07, 6.45) is 1.46. The Kier molecular flexibility index (Phi) is 3.05. The highest BCUT2D eigenvalue weighted by atomic mass is 35.5. The van der Waals surface area contributed by atoms with E-state index >= 15 is 0 Å². The van der Waals surface area contributed by atoms with Crippen LogP contribution in [-0.2, 0) is 0 Å². The molecular formula is C8H8ClFN2. The third-order valence-corrected chi connectivity index (χ3v) is 1.71. The van der Waals surface area contributed by atoms with Crippen molar-refractivity contribution in [1.82, 2.24) is 5.43 Å². The number of hydrazone groups is 1. The first kappa shape index (κ1) is 9.00. The van der Waals surface area contributed by atoms with Crippen LogP contribution >= 0.6 is 11.6 Å². The van der Waals surface area contributed by atoms with Gasteiger partial charge in [-0.3, -0.25) is 0 Å². The van der Waals surface area contributed by atoms with Gasteiger partial charge in [0.05, 0.1) is 11.2 Å². The monoisotopic (exact) mass is 186 g/mol. The van der Waals surface area contributed by atoms with E-state index in [2.05, 4.69) is 10.5 Å². The van der Waals surface area contributed by atoms with Gasteiger partial charge in [0, 0.05) is 12.6 Å². The minimum absolute atomic E-state index is 0.0940. The minimum Gasteiger partial charge on any atom is -0.313 e. The third-order valence-electron chi connectivity index (χ3n) is 1.31. The molecule has 0 fully saturated rings. The molecule has 0 unspecified atom stereocenters. The lowest BCUT2D eigenvalue weighted by atomic mass is 10.2. The van der Waals surface area contributed by atoms with E-state index in [4.69, 9.17) is 11.6 Å². The van der Waals surface area contributed by atoms with Gasteiger partial charge in [0.25, 0.3) is 0 Å². The van der Waals surface area contributed by atoms with E-state index in [1.54, 1.807) is 19.2 Å². The number of hydrogen-bond donors (Lipinski definition) is 1. The van der Waals surface area contributed by atoms with Crippen LogP contribution in [0, 0.1) is 5.82 Å². The first-order valence-corrected chi connectivity index (χ1v) is 3.77. The van der Waals surface area contributed by atoms with Crippen molar-refractivity contribution in [3.8, 4) is 0 Å². The van der Waals surface area contributed by atoms with Gasteiger partial charge >= 0.3 is 0 Å². The molecule has 0 saturated carbocycles. The SMILES string of the molecule is CN/N=C/c1cccc(F)c1Cl. The maximum atomic E-state index is 12.8. The second-order valence-corrected chi connectivity index (χ2v) is 2.50. The first-order valence-electron chi connectivity index (χ1n) is 3.39. The molecule has 0 atom stereocenters. The number of nitrogens with zero attached hydrogens (tertiary/aromatic N) is 1. The summed E-state index contributed by atoms with van der Waals surface area (Å²) >= 11 is 5.63. The van der Waals surface area contributed by atoms with Gasteiger partial charge < -0.3 is 5.43 Å². The Bertz CT molecular complexity index is 299. The summed E-state index contributed by atoms with van der Waals surface area (Å²) in [6.45, 7) is 0. The fraction of sp³-hybridized carbons (Fsp3) is 0.125. The van der Waals surface area contributed by atoms with Gasteiger partial charge in [-0.2, -0.15) is 5.10 Å². The maximum absolute atomic E-state index is 12.8. The molecule has 0 amide bonds. The van der Waals surface area contributed by atoms with Crippen molar-refractivity contribution >= 4 is 17.8 Å². The Morgan fingerprint density at radius 2 is 2.33 bits per heavy atom. The third kappa shape index (κ3) is 1.95. The first-order chi connectivity index (χ1) is 5.75. The van der Waals surface area contributed by atoms with E-state index in [1.165, 1.54) is 12.3 Å². The van der Waals surface area contributed by atoms with Crippen LogP contribution in [0.25, 0.3) is 0 Å². The zero-order chi connectivity index (χ0) is 8.97. The van der Waals surface area contributed by atoms with E-state index in [-0.39, 0.29) is 5.02 Å². The lowest BCUT2D eigenvalue weighted by Crippen LogP contribution is -1.95. The van der Waals surface area contributed by atoms with E-state index < -0.39 is 5.82 Å². The van der Waals surface area contributed by atoms with Gasteiger partial charge in [0.2, 0.25) is 0 Å². The van der Waals surface area contributed by atoms with Gasteiger partial charge in [-0.1, -0.05) is 23.7 Å². The van der Waals surface area contributed by atoms with Crippen molar-refractivity contribution in [1.29, 1.82) is 0 Å². The molecular weight excluding hydrogens is 179 g/mol. The average molecular weight is 187 g/mol. The zero-order valence-electron chi connectivity index (χ0n) is 6.51. The summed E-state index contributed by atoms with van der Waals surface area (Å²) < 4.78 is 12.8. The average Bonchev–Trinajstić information content (AvgIpc) is 2.08. The molecule has 12 heavy (non-hydrogen) atoms. The van der Waals surface area contributed by atoms with E-state index in [0.29, 0.717) is 5.56 Å². The van der Waals surface area contributed by atoms with E-state index in [9.17, 15) is 4.39 Å². The van der Waals surface area contributed by atoms with Crippen LogP contribution in [0.3, 0.4) is 0 Å². The molecule has 0 radical (unpaired) electrons. The van der Waals surface area contributed by atoms with Gasteiger partial charge in [-0.15, -0.1) is 0 Å². The molecule has 0 aliphatic carbocycles. The van der Waals surface area contributed by atoms with Gasteiger partial charge in [-0.05, 0) is 6.07 Å². The standard InChI is InChI=1S/C8H8ClFN2/c1-11-12-5-6-3-2-4-7(10)8(6)9/h2-5,11H,1H3/b12-5+. The topological polar surface area (TPSA) is 24.4 Å². The highest BCUT2D eigenvalue weighted by molar-refractivity contribution is 6.33. The molecule has 1 aromatic carbocycles. The lowest BCUT2D eigenvalue weighted by Gasteiger charge is -1.97. The second kappa shape index (κ2) is 4.07. The Morgan fingerprint density at radius 3 is 3.00 bits per heavy atom. The molecule has 4 heteroatoms. The minimum atomic E-state index is -0.434. The van der Waals surface area contributed by atoms with Crippen LogP contribution in [0.5, 0.6) is 0 Å². The number of hydrogen-bond acceptors (Lipinski definition) is 2. The van der Waals surface area contributed by atoms with Crippen LogP contribution in [0.4, 0.5) is 4.39 Å². The molecule has 0 aromatic heterocycles. The normalized spacial score (nSPS) is 10.6. The second-order valence-electron chi connectivity index (χ2n) is 2.12. The van der Waals surface area contributed by atoms with Crippen molar-refractivity contribution < 1.29 is 4.39 Å². The maximum Gasteiger partial charge on any atom is 0.142 e. The molecule has 1 N–H and O–H groups in total. The molecule has 0 spiro atoms. The molecule has 1 rings (SSSR count). The Labute approximate surface area is 75.0 Å². The van der Waals surface area contributed by atoms with E-state index in [0.717, 1.165) is 0 Å². The smallest absolute Gasteiger partial charge is 0.142 e. The Hall–Kier alpha value is -1.09. The van der Waals surface area contributed by atoms with Crippen molar-refractivity contribution in [3.63, 3.8) is 0 Å². The summed E-state index contributed by atoms with van der Waals surface area (Å²) in [7, 11) is 1.66. The fourth-order valence-corrected chi connectivity index (χ4v) is 0.929. The fourth-order valence-electron chi connectivity index (χ4n) is 0.754. The summed E-state index contributed by atoms with van der Waals surface area (Å²) in [5.74, 6) is -0.434. The lowest BCUT2D eigenvalue weighted by molar-refractivity contribution is 0.628. The molecule has 0 heterocycles. The van der Waals surface area contributed by atoms with Crippen LogP contribution < -0.4 is 5.43 Å². The van der Waals surface area contributed by atoms with Gasteiger partial charge in [0.15, 0.2) is 0 Å². The highest BCUT2D eigenvalue weighted by Crippen LogP contribution is 2.17. The molecule has 64 valence electrons. The zero-order valence-corrected chi connectivity index (χ0v) is 7.27. The summed E-state index contributed by atoms with van der Waals surface area (Å²) in [5.41, 5.74) is 3.11. The predicted octanol–water partition coefficient (Wildman–Crippen LogP) is 2.03. The van der Waals surface area contributed by atoms with Crippen molar-refractivity contribution in [2.75, 3.05) is 7.05 Å². The summed E-state index contributed by atoms with van der Waals surface area (Å²) in [6, 6.07) is 4.57. The number of rotatable bonds is 2. The van der Waals surface area contributed by atoms with Gasteiger partial charge in [-0.25, -0.2) is 4.39 Å². The van der Waals surface area contributed by atoms with Crippen molar-refractivity contribution in [3.05, 3.63) is 34.6 Å². The van der Waals surface area contributed by atoms with E-state index in [1.807, 2.05) is 0 Å². The van der Waals surface area contributed by atoms with Crippen LogP contribution in [0.2, 0.25) is 5.02 Å². The molecule has 1 aromatic rings. The molecule has 0 saturated heterocycles. The largest absolute Gasteiger partial charge is 0.313 e. The predicted molar refractivity (Wildman–Crippen MR) is 48.1 cm³/mol. The van der Waals surface area contributed by atoms with Crippen molar-refractivity contribution in [2.45, 2.75) is 0 Å². The highest BCUT2D eigenvalue weighted by Gasteiger charge is 2.01. The van der Waals surface area contributed by atoms with Crippen LogP contribution in [-0.4, -0.2) is 13.3 Å². The molecule has 0 aliphatic rings. The van der Waals surface area contributed by atoms with Crippen LogP contribution in [0.1, 0.15) is 5.56 Å². The molecule has 2 nitrogen and oxygen atoms in total. The molecule has 0 bridgehead atoms. The van der Waals surface area contributed by atoms with Crippen LogP contribution in [0.15, 0.2) is 23.3 Å².